The second-order valence-electron chi connectivity index (χ2n) is 6.28. The van der Waals surface area contributed by atoms with E-state index in [-0.39, 0.29) is 6.61 Å². The largest absolute Gasteiger partial charge is 0.396 e. The maximum absolute atomic E-state index is 12.3. The van der Waals surface area contributed by atoms with Crippen molar-refractivity contribution in [1.29, 1.82) is 0 Å². The summed E-state index contributed by atoms with van der Waals surface area (Å²) in [4.78, 5) is 23.8. The lowest BCUT2D eigenvalue weighted by Crippen LogP contribution is -2.54. The number of aliphatic hydroxyl groups is 1. The van der Waals surface area contributed by atoms with Crippen molar-refractivity contribution >= 4 is 11.8 Å². The molecule has 0 spiro atoms. The molecule has 1 unspecified atom stereocenters. The first-order valence-corrected chi connectivity index (χ1v) is 8.77. The van der Waals surface area contributed by atoms with Crippen LogP contribution in [0.2, 0.25) is 0 Å². The van der Waals surface area contributed by atoms with Gasteiger partial charge in [0.1, 0.15) is 6.04 Å². The molecule has 7 heteroatoms. The summed E-state index contributed by atoms with van der Waals surface area (Å²) in [5, 5.41) is 20.1. The van der Waals surface area contributed by atoms with E-state index in [1.807, 2.05) is 24.3 Å². The van der Waals surface area contributed by atoms with Gasteiger partial charge in [0.25, 0.3) is 11.8 Å². The lowest BCUT2D eigenvalue weighted by molar-refractivity contribution is -0.131. The molecule has 2 aromatic carbocycles. The third-order valence-corrected chi connectivity index (χ3v) is 4.06. The molecular weight excluding hydrogens is 358 g/mol. The first-order chi connectivity index (χ1) is 13.4. The molecule has 2 atom stereocenters. The van der Waals surface area contributed by atoms with Gasteiger partial charge < -0.3 is 16.2 Å². The molecule has 0 aliphatic heterocycles. The highest BCUT2D eigenvalue weighted by molar-refractivity contribution is 5.97. The van der Waals surface area contributed by atoms with Gasteiger partial charge in [0.05, 0.1) is 0 Å². The number of hydroxylamine groups is 1. The molecule has 0 radical (unpaired) electrons. The summed E-state index contributed by atoms with van der Waals surface area (Å²) in [6.45, 7) is 1.66. The van der Waals surface area contributed by atoms with Crippen molar-refractivity contribution in [2.45, 2.75) is 25.4 Å². The average Bonchev–Trinajstić information content (AvgIpc) is 2.71. The Bertz CT molecular complexity index is 865. The van der Waals surface area contributed by atoms with Crippen LogP contribution in [0, 0.1) is 11.8 Å². The van der Waals surface area contributed by atoms with E-state index < -0.39 is 23.9 Å². The zero-order valence-electron chi connectivity index (χ0n) is 15.5. The summed E-state index contributed by atoms with van der Waals surface area (Å²) in [5.41, 5.74) is 10.1. The summed E-state index contributed by atoms with van der Waals surface area (Å²) >= 11 is 0. The predicted molar refractivity (Wildman–Crippen MR) is 104 cm³/mol. The molecule has 0 aromatic heterocycles. The molecule has 0 bridgehead atoms. The number of amides is 2. The van der Waals surface area contributed by atoms with Crippen LogP contribution in [-0.4, -0.2) is 40.8 Å². The van der Waals surface area contributed by atoms with E-state index in [1.54, 1.807) is 31.2 Å². The summed E-state index contributed by atoms with van der Waals surface area (Å²) < 4.78 is 0. The van der Waals surface area contributed by atoms with Crippen molar-refractivity contribution in [1.82, 2.24) is 10.8 Å². The van der Waals surface area contributed by atoms with Gasteiger partial charge in [0, 0.05) is 29.3 Å². The summed E-state index contributed by atoms with van der Waals surface area (Å²) in [6, 6.07) is 12.5. The maximum Gasteiger partial charge on any atom is 0.267 e. The molecule has 7 nitrogen and oxygen atoms in total. The molecule has 0 fully saturated rings. The summed E-state index contributed by atoms with van der Waals surface area (Å²) in [6.07, 6.45) is 0.612. The van der Waals surface area contributed by atoms with Crippen LogP contribution >= 0.6 is 0 Å². The van der Waals surface area contributed by atoms with E-state index in [0.29, 0.717) is 12.0 Å². The number of carbonyl (C=O) groups excluding carboxylic acids is 2. The molecule has 2 aromatic rings. The van der Waals surface area contributed by atoms with Crippen LogP contribution in [0.1, 0.15) is 34.0 Å². The summed E-state index contributed by atoms with van der Waals surface area (Å²) in [5.74, 6) is 4.79. The van der Waals surface area contributed by atoms with Gasteiger partial charge in [0.2, 0.25) is 0 Å². The molecular formula is C21H23N3O4. The van der Waals surface area contributed by atoms with E-state index in [0.717, 1.165) is 16.7 Å². The van der Waals surface area contributed by atoms with Crippen LogP contribution in [0.3, 0.4) is 0 Å². The highest BCUT2D eigenvalue weighted by Crippen LogP contribution is 2.07. The number of hydrogen-bond acceptors (Lipinski definition) is 5. The molecule has 0 saturated heterocycles. The number of carbonyl (C=O) groups is 2. The maximum atomic E-state index is 12.3. The highest BCUT2D eigenvalue weighted by Gasteiger charge is 2.24. The first-order valence-electron chi connectivity index (χ1n) is 8.77. The number of rotatable bonds is 6. The Labute approximate surface area is 163 Å². The Kier molecular flexibility index (Phi) is 7.72. The van der Waals surface area contributed by atoms with Crippen molar-refractivity contribution in [2.75, 3.05) is 6.61 Å². The van der Waals surface area contributed by atoms with Crippen molar-refractivity contribution in [3.05, 3.63) is 70.8 Å². The van der Waals surface area contributed by atoms with Crippen LogP contribution in [-0.2, 0) is 11.2 Å². The van der Waals surface area contributed by atoms with Gasteiger partial charge >= 0.3 is 0 Å². The monoisotopic (exact) mass is 381 g/mol. The smallest absolute Gasteiger partial charge is 0.267 e. The zero-order chi connectivity index (χ0) is 20.5. The van der Waals surface area contributed by atoms with E-state index in [1.165, 1.54) is 5.48 Å². The van der Waals surface area contributed by atoms with Crippen LogP contribution in [0.5, 0.6) is 0 Å². The van der Waals surface area contributed by atoms with Gasteiger partial charge in [-0.15, -0.1) is 0 Å². The van der Waals surface area contributed by atoms with Gasteiger partial charge in [0.15, 0.2) is 0 Å². The standard InChI is InChI=1S/C21H23N3O4/c1-14(22)19(21(27)24-28)23-20(26)18-10-8-16(9-11-18)3-2-15-4-6-17(7-5-15)12-13-25/h4-11,14,19,25,28H,12-13,22H2,1H3,(H,23,26)(H,24,27)/t14-,19?/m1/s1. The van der Waals surface area contributed by atoms with Crippen LogP contribution in [0.4, 0.5) is 0 Å². The van der Waals surface area contributed by atoms with E-state index in [9.17, 15) is 9.59 Å². The van der Waals surface area contributed by atoms with Gasteiger partial charge in [-0.05, 0) is 55.3 Å². The Morgan fingerprint density at radius 2 is 1.57 bits per heavy atom. The Balaban J connectivity index is 2.05. The third-order valence-electron chi connectivity index (χ3n) is 4.06. The van der Waals surface area contributed by atoms with Gasteiger partial charge in [-0.2, -0.15) is 0 Å². The fourth-order valence-corrected chi connectivity index (χ4v) is 2.46. The van der Waals surface area contributed by atoms with Crippen molar-refractivity contribution in [2.24, 2.45) is 5.73 Å². The second kappa shape index (κ2) is 10.2. The normalized spacial score (nSPS) is 12.3. The first kappa shape index (κ1) is 21.1. The highest BCUT2D eigenvalue weighted by atomic mass is 16.5. The molecule has 0 aliphatic rings. The molecule has 146 valence electrons. The Morgan fingerprint density at radius 3 is 2.04 bits per heavy atom. The minimum atomic E-state index is -1.05. The third kappa shape index (κ3) is 5.93. The SMILES string of the molecule is C[C@@H](N)C(NC(=O)c1ccc(C#Cc2ccc(CCO)cc2)cc1)C(=O)NO. The molecule has 2 rings (SSSR count). The second-order valence-corrected chi connectivity index (χ2v) is 6.28. The number of nitrogens with two attached hydrogens (primary N) is 1. The quantitative estimate of drug-likeness (QED) is 0.284. The fraction of sp³-hybridized carbons (Fsp3) is 0.238. The van der Waals surface area contributed by atoms with Gasteiger partial charge in [-0.1, -0.05) is 24.0 Å². The minimum absolute atomic E-state index is 0.112. The molecule has 0 heterocycles. The average molecular weight is 381 g/mol. The van der Waals surface area contributed by atoms with E-state index in [2.05, 4.69) is 17.2 Å². The van der Waals surface area contributed by atoms with Crippen LogP contribution in [0.25, 0.3) is 0 Å². The molecule has 28 heavy (non-hydrogen) atoms. The summed E-state index contributed by atoms with van der Waals surface area (Å²) in [7, 11) is 0. The Morgan fingerprint density at radius 1 is 1.04 bits per heavy atom. The van der Waals surface area contributed by atoms with Crippen molar-refractivity contribution in [3.63, 3.8) is 0 Å². The molecule has 2 amide bonds. The number of hydrogen-bond donors (Lipinski definition) is 5. The van der Waals surface area contributed by atoms with E-state index >= 15 is 0 Å². The van der Waals surface area contributed by atoms with Crippen LogP contribution in [0.15, 0.2) is 48.5 Å². The van der Waals surface area contributed by atoms with Crippen LogP contribution < -0.4 is 16.5 Å². The number of benzene rings is 2. The molecule has 6 N–H and O–H groups in total. The number of aliphatic hydroxyl groups excluding tert-OH is 1. The predicted octanol–water partition coefficient (Wildman–Crippen LogP) is 0.572. The van der Waals surface area contributed by atoms with Gasteiger partial charge in [-0.3, -0.25) is 14.8 Å². The lowest BCUT2D eigenvalue weighted by atomic mass is 10.1. The molecule has 0 saturated carbocycles. The van der Waals surface area contributed by atoms with E-state index in [4.69, 9.17) is 16.0 Å². The topological polar surface area (TPSA) is 125 Å². The fourth-order valence-electron chi connectivity index (χ4n) is 2.46. The Hall–Kier alpha value is -3.18. The molecule has 0 aliphatic carbocycles. The zero-order valence-corrected chi connectivity index (χ0v) is 15.5. The van der Waals surface area contributed by atoms with Crippen molar-refractivity contribution < 1.29 is 19.9 Å². The minimum Gasteiger partial charge on any atom is -0.396 e. The van der Waals surface area contributed by atoms with Crippen molar-refractivity contribution in [3.8, 4) is 11.8 Å². The van der Waals surface area contributed by atoms with Gasteiger partial charge in [-0.25, -0.2) is 5.48 Å². The number of nitrogens with one attached hydrogen (secondary N) is 2. The lowest BCUT2D eigenvalue weighted by Gasteiger charge is -2.20.